The molecular formula is C29H42FN5O4S. The van der Waals surface area contributed by atoms with Crippen molar-refractivity contribution in [2.45, 2.75) is 63.5 Å². The number of ether oxygens (including phenoxy) is 1. The fourth-order valence-corrected chi connectivity index (χ4v) is 8.41. The fourth-order valence-electron chi connectivity index (χ4n) is 7.73. The van der Waals surface area contributed by atoms with Crippen LogP contribution in [0.2, 0.25) is 0 Å². The Labute approximate surface area is 238 Å². The Bertz CT molecular complexity index is 1180. The molecule has 2 N–H and O–H groups in total. The molecule has 0 spiro atoms. The minimum absolute atomic E-state index is 0.0436. The first kappa shape index (κ1) is 29.2. The minimum atomic E-state index is -1.88. The van der Waals surface area contributed by atoms with Gasteiger partial charge < -0.3 is 19.5 Å². The predicted octanol–water partition coefficient (Wildman–Crippen LogP) is 3.96. The standard InChI is InChI=1S/C29H42FN5O4S/c1-21-31-12-16-34(21)15-11-29(24-5-3-6-25(30)17-24,26-7-4-8-27(26)32-28(36)39-2)23-9-13-33(14-10-23)18-22-19-35(20-22)40(37)38/h3,5-6,12,16-17,22-23,26-27H,4,7-11,13-15,18-20H2,1-2H3,(H,32,36)(H,37,38)/t26-,27-,29-/m0/s1. The summed E-state index contributed by atoms with van der Waals surface area (Å²) >= 11 is -1.88. The van der Waals surface area contributed by atoms with E-state index in [1.54, 1.807) is 10.4 Å². The topological polar surface area (TPSA) is 99.9 Å². The quantitative estimate of drug-likeness (QED) is 0.416. The van der Waals surface area contributed by atoms with Gasteiger partial charge in [0.1, 0.15) is 11.6 Å². The SMILES string of the molecule is COC(=O)N[C@H]1CCC[C@@H]1[C@](CCn1ccnc1C)(c1cccc(F)c1)C1CCN(CC2CN(S(=O)O)C2)CC1. The number of nitrogens with zero attached hydrogens (tertiary/aromatic N) is 4. The number of hydrogen-bond donors (Lipinski definition) is 2. The van der Waals surface area contributed by atoms with E-state index in [9.17, 15) is 17.9 Å². The lowest BCUT2D eigenvalue weighted by atomic mass is 9.56. The van der Waals surface area contributed by atoms with Crippen molar-refractivity contribution < 1.29 is 22.7 Å². The molecule has 0 radical (unpaired) electrons. The average Bonchev–Trinajstić information content (AvgIpc) is 3.55. The van der Waals surface area contributed by atoms with Gasteiger partial charge in [-0.3, -0.25) is 4.55 Å². The zero-order chi connectivity index (χ0) is 28.3. The van der Waals surface area contributed by atoms with Crippen LogP contribution in [0.3, 0.4) is 0 Å². The summed E-state index contributed by atoms with van der Waals surface area (Å²) in [5.74, 6) is 1.59. The number of benzene rings is 1. The summed E-state index contributed by atoms with van der Waals surface area (Å²) in [5.41, 5.74) is 0.682. The normalized spacial score (nSPS) is 25.3. The van der Waals surface area contributed by atoms with Crippen LogP contribution < -0.4 is 5.32 Å². The maximum atomic E-state index is 14.9. The van der Waals surface area contributed by atoms with E-state index in [4.69, 9.17) is 4.74 Å². The van der Waals surface area contributed by atoms with Crippen LogP contribution in [-0.4, -0.2) is 79.5 Å². The van der Waals surface area contributed by atoms with Crippen LogP contribution in [0.4, 0.5) is 9.18 Å². The molecule has 0 bridgehead atoms. The van der Waals surface area contributed by atoms with E-state index in [1.165, 1.54) is 13.2 Å². The third-order valence-electron chi connectivity index (χ3n) is 9.70. The van der Waals surface area contributed by atoms with E-state index in [0.717, 1.165) is 76.1 Å². The molecule has 2 saturated heterocycles. The van der Waals surface area contributed by atoms with E-state index < -0.39 is 17.4 Å². The predicted molar refractivity (Wildman–Crippen MR) is 151 cm³/mol. The molecule has 1 unspecified atom stereocenters. The molecule has 9 nitrogen and oxygen atoms in total. The Balaban J connectivity index is 1.44. The zero-order valence-electron chi connectivity index (χ0n) is 23.5. The number of hydrogen-bond acceptors (Lipinski definition) is 5. The number of piperidine rings is 1. The Hall–Kier alpha value is -2.34. The van der Waals surface area contributed by atoms with Crippen LogP contribution >= 0.6 is 0 Å². The molecule has 1 amide bonds. The Morgan fingerprint density at radius 2 is 2.02 bits per heavy atom. The van der Waals surface area contributed by atoms with Crippen LogP contribution in [-0.2, 0) is 28.0 Å². The smallest absolute Gasteiger partial charge is 0.407 e. The second-order valence-electron chi connectivity index (χ2n) is 11.8. The van der Waals surface area contributed by atoms with E-state index in [2.05, 4.69) is 25.8 Å². The second-order valence-corrected chi connectivity index (χ2v) is 12.7. The number of aromatic nitrogens is 2. The van der Waals surface area contributed by atoms with Crippen molar-refractivity contribution >= 4 is 17.4 Å². The molecule has 3 aliphatic rings. The third-order valence-corrected chi connectivity index (χ3v) is 10.4. The Kier molecular flexibility index (Phi) is 9.24. The van der Waals surface area contributed by atoms with Crippen molar-refractivity contribution in [2.75, 3.05) is 39.8 Å². The van der Waals surface area contributed by atoms with E-state index in [1.807, 2.05) is 25.4 Å². The first-order chi connectivity index (χ1) is 19.3. The maximum Gasteiger partial charge on any atom is 0.407 e. The lowest BCUT2D eigenvalue weighted by molar-refractivity contribution is 0.0480. The second kappa shape index (κ2) is 12.7. The number of alkyl carbamates (subject to hydrolysis) is 1. The van der Waals surface area contributed by atoms with Gasteiger partial charge in [-0.15, -0.1) is 0 Å². The highest BCUT2D eigenvalue weighted by molar-refractivity contribution is 7.76. The molecule has 2 aliphatic heterocycles. The molecule has 5 rings (SSSR count). The molecule has 1 saturated carbocycles. The van der Waals surface area contributed by atoms with Crippen LogP contribution in [0.25, 0.3) is 0 Å². The van der Waals surface area contributed by atoms with Gasteiger partial charge in [0.2, 0.25) is 11.3 Å². The summed E-state index contributed by atoms with van der Waals surface area (Å²) in [7, 11) is 1.40. The van der Waals surface area contributed by atoms with Crippen molar-refractivity contribution in [1.82, 2.24) is 24.1 Å². The molecule has 40 heavy (non-hydrogen) atoms. The van der Waals surface area contributed by atoms with E-state index >= 15 is 0 Å². The van der Waals surface area contributed by atoms with Crippen molar-refractivity contribution in [2.24, 2.45) is 17.8 Å². The van der Waals surface area contributed by atoms with Gasteiger partial charge >= 0.3 is 6.09 Å². The largest absolute Gasteiger partial charge is 0.453 e. The lowest BCUT2D eigenvalue weighted by Gasteiger charge is -2.51. The van der Waals surface area contributed by atoms with Gasteiger partial charge in [0.25, 0.3) is 0 Å². The van der Waals surface area contributed by atoms with Crippen LogP contribution in [0, 0.1) is 30.5 Å². The Morgan fingerprint density at radius 1 is 1.25 bits per heavy atom. The number of likely N-dealkylation sites (tertiary alicyclic amines) is 1. The highest BCUT2D eigenvalue weighted by Gasteiger charge is 2.51. The number of rotatable bonds is 10. The number of imidazole rings is 1. The molecule has 3 heterocycles. The van der Waals surface area contributed by atoms with E-state index in [0.29, 0.717) is 24.9 Å². The third kappa shape index (κ3) is 6.12. The monoisotopic (exact) mass is 575 g/mol. The first-order valence-corrected chi connectivity index (χ1v) is 15.5. The van der Waals surface area contributed by atoms with Gasteiger partial charge in [0.15, 0.2) is 0 Å². The summed E-state index contributed by atoms with van der Waals surface area (Å²) in [4.78, 5) is 19.3. The van der Waals surface area contributed by atoms with Crippen molar-refractivity contribution in [3.63, 3.8) is 0 Å². The lowest BCUT2D eigenvalue weighted by Crippen LogP contribution is -2.55. The number of amides is 1. The van der Waals surface area contributed by atoms with Gasteiger partial charge in [-0.2, -0.15) is 0 Å². The molecular weight excluding hydrogens is 533 g/mol. The van der Waals surface area contributed by atoms with Gasteiger partial charge in [0, 0.05) is 50.0 Å². The molecule has 11 heteroatoms. The van der Waals surface area contributed by atoms with Gasteiger partial charge in [0.05, 0.1) is 7.11 Å². The van der Waals surface area contributed by atoms with Gasteiger partial charge in [-0.1, -0.05) is 18.6 Å². The average molecular weight is 576 g/mol. The molecule has 3 fully saturated rings. The highest BCUT2D eigenvalue weighted by atomic mass is 32.2. The zero-order valence-corrected chi connectivity index (χ0v) is 24.3. The summed E-state index contributed by atoms with van der Waals surface area (Å²) in [6.07, 6.45) is 9.04. The number of aryl methyl sites for hydroxylation is 2. The fraction of sp³-hybridized carbons (Fsp3) is 0.655. The summed E-state index contributed by atoms with van der Waals surface area (Å²) < 4.78 is 44.2. The van der Waals surface area contributed by atoms with Crippen LogP contribution in [0.1, 0.15) is 49.9 Å². The number of carbonyl (C=O) groups is 1. The van der Waals surface area contributed by atoms with Gasteiger partial charge in [-0.25, -0.2) is 22.7 Å². The number of halogens is 1. The van der Waals surface area contributed by atoms with Crippen molar-refractivity contribution in [3.8, 4) is 0 Å². The number of carbonyl (C=O) groups excluding carboxylic acids is 1. The molecule has 4 atom stereocenters. The molecule has 1 aromatic heterocycles. The Morgan fingerprint density at radius 3 is 2.67 bits per heavy atom. The van der Waals surface area contributed by atoms with Gasteiger partial charge in [-0.05, 0) is 87.6 Å². The van der Waals surface area contributed by atoms with Crippen LogP contribution in [0.5, 0.6) is 0 Å². The molecule has 2 aromatic rings. The summed E-state index contributed by atoms with van der Waals surface area (Å²) in [5, 5.41) is 3.14. The summed E-state index contributed by atoms with van der Waals surface area (Å²) in [6, 6.07) is 7.09. The molecule has 220 valence electrons. The van der Waals surface area contributed by atoms with Crippen molar-refractivity contribution in [1.29, 1.82) is 0 Å². The number of nitrogens with one attached hydrogen (secondary N) is 1. The maximum absolute atomic E-state index is 14.9. The highest BCUT2D eigenvalue weighted by Crippen LogP contribution is 2.53. The molecule has 1 aliphatic carbocycles. The molecule has 1 aromatic carbocycles. The number of methoxy groups -OCH3 is 1. The van der Waals surface area contributed by atoms with E-state index in [-0.39, 0.29) is 23.2 Å². The van der Waals surface area contributed by atoms with Crippen LogP contribution in [0.15, 0.2) is 36.7 Å². The first-order valence-electron chi connectivity index (χ1n) is 14.5. The summed E-state index contributed by atoms with van der Waals surface area (Å²) in [6.45, 7) is 6.89. The van der Waals surface area contributed by atoms with Crippen molar-refractivity contribution in [3.05, 3.63) is 53.9 Å². The minimum Gasteiger partial charge on any atom is -0.453 e.